The van der Waals surface area contributed by atoms with Crippen molar-refractivity contribution >= 4 is 17.4 Å². The largest absolute Gasteiger partial charge is 0.394 e. The molecule has 2 rings (SSSR count). The Morgan fingerprint density at radius 1 is 1.27 bits per heavy atom. The van der Waals surface area contributed by atoms with E-state index in [1.165, 1.54) is 6.92 Å². The van der Waals surface area contributed by atoms with Crippen molar-refractivity contribution in [2.45, 2.75) is 46.5 Å². The molecule has 2 atom stereocenters. The van der Waals surface area contributed by atoms with Gasteiger partial charge in [0.25, 0.3) is 5.91 Å². The number of Topliss-reactive ketones (excluding diaryl/α,β-unsaturated/α-hetero) is 1. The molecule has 1 saturated carbocycles. The molecule has 2 N–H and O–H groups in total. The molecule has 0 spiro atoms. The molecule has 1 aliphatic carbocycles. The van der Waals surface area contributed by atoms with Gasteiger partial charge in [0, 0.05) is 24.4 Å². The summed E-state index contributed by atoms with van der Waals surface area (Å²) in [5.74, 6) is 1.12. The average molecular weight is 305 g/mol. The predicted molar refractivity (Wildman–Crippen MR) is 87.6 cm³/mol. The summed E-state index contributed by atoms with van der Waals surface area (Å²) in [6.07, 6.45) is 3.58. The molecule has 122 valence electrons. The number of allylic oxidation sites excluding steroid dienone is 1. The van der Waals surface area contributed by atoms with Crippen LogP contribution in [0.15, 0.2) is 16.3 Å². The molecule has 5 nitrogen and oxygen atoms in total. The van der Waals surface area contributed by atoms with Gasteiger partial charge in [0.2, 0.25) is 0 Å². The molecule has 0 aromatic heterocycles. The van der Waals surface area contributed by atoms with Gasteiger partial charge in [-0.3, -0.25) is 14.6 Å². The first kappa shape index (κ1) is 16.7. The van der Waals surface area contributed by atoms with E-state index in [0.717, 1.165) is 50.1 Å². The van der Waals surface area contributed by atoms with Crippen LogP contribution in [0.1, 0.15) is 46.5 Å². The van der Waals surface area contributed by atoms with Crippen molar-refractivity contribution in [3.8, 4) is 0 Å². The van der Waals surface area contributed by atoms with E-state index < -0.39 is 0 Å². The number of aliphatic imine (C=N–C) groups is 1. The number of nitrogens with zero attached hydrogens (tertiary/aromatic N) is 2. The zero-order valence-electron chi connectivity index (χ0n) is 13.9. The van der Waals surface area contributed by atoms with E-state index in [2.05, 4.69) is 18.8 Å². The van der Waals surface area contributed by atoms with Gasteiger partial charge in [0.05, 0.1) is 6.54 Å². The third-order valence-corrected chi connectivity index (χ3v) is 4.86. The fraction of sp³-hybridized carbons (Fsp3) is 0.706. The first-order valence-corrected chi connectivity index (χ1v) is 8.21. The maximum Gasteiger partial charge on any atom is 0.270 e. The molecule has 1 heterocycles. The molecule has 0 radical (unpaired) electrons. The minimum absolute atomic E-state index is 0.0301. The van der Waals surface area contributed by atoms with Gasteiger partial charge in [-0.25, -0.2) is 0 Å². The molecule has 1 saturated heterocycles. The van der Waals surface area contributed by atoms with Crippen molar-refractivity contribution in [2.24, 2.45) is 22.6 Å². The molecule has 5 heteroatoms. The Bertz CT molecular complexity index is 522. The standard InChI is InChI=1S/C17H27N3O2/c1-11-7-8-20(10-12(11)2)17(22)16(18)14-5-4-6-15(14)19-9-13(3)21/h11-12H,4-10,18H2,1-3H3/b16-14-,19-15?/t11-,12+/m0/s1. The lowest BCUT2D eigenvalue weighted by atomic mass is 9.88. The third-order valence-electron chi connectivity index (χ3n) is 4.86. The van der Waals surface area contributed by atoms with Gasteiger partial charge >= 0.3 is 0 Å². The second kappa shape index (κ2) is 7.07. The van der Waals surface area contributed by atoms with Gasteiger partial charge in [-0.05, 0) is 44.4 Å². The number of ketones is 1. The summed E-state index contributed by atoms with van der Waals surface area (Å²) in [6.45, 7) is 7.67. The highest BCUT2D eigenvalue weighted by Gasteiger charge is 2.29. The Labute approximate surface area is 132 Å². The van der Waals surface area contributed by atoms with Crippen molar-refractivity contribution < 1.29 is 9.59 Å². The molecule has 1 aliphatic heterocycles. The number of likely N-dealkylation sites (tertiary alicyclic amines) is 1. The number of rotatable bonds is 3. The second-order valence-electron chi connectivity index (χ2n) is 6.71. The second-order valence-corrected chi connectivity index (χ2v) is 6.71. The Morgan fingerprint density at radius 2 is 2.00 bits per heavy atom. The maximum atomic E-state index is 12.6. The van der Waals surface area contributed by atoms with Crippen LogP contribution in [0.5, 0.6) is 0 Å². The third kappa shape index (κ3) is 3.76. The number of hydrogen-bond acceptors (Lipinski definition) is 4. The number of hydrogen-bond donors (Lipinski definition) is 1. The predicted octanol–water partition coefficient (Wildman–Crippen LogP) is 1.92. The van der Waals surface area contributed by atoms with Crippen LogP contribution in [0.25, 0.3) is 0 Å². The molecule has 22 heavy (non-hydrogen) atoms. The van der Waals surface area contributed by atoms with Gasteiger partial charge in [-0.1, -0.05) is 13.8 Å². The number of amides is 1. The van der Waals surface area contributed by atoms with E-state index in [0.29, 0.717) is 17.5 Å². The number of nitrogens with two attached hydrogens (primary N) is 1. The zero-order valence-corrected chi connectivity index (χ0v) is 13.9. The first-order chi connectivity index (χ1) is 10.4. The molecular weight excluding hydrogens is 278 g/mol. The Morgan fingerprint density at radius 3 is 2.64 bits per heavy atom. The van der Waals surface area contributed by atoms with Gasteiger partial charge in [-0.2, -0.15) is 0 Å². The first-order valence-electron chi connectivity index (χ1n) is 8.21. The van der Waals surface area contributed by atoms with Crippen LogP contribution in [0, 0.1) is 11.8 Å². The lowest BCUT2D eigenvalue weighted by Crippen LogP contribution is -2.44. The van der Waals surface area contributed by atoms with E-state index >= 15 is 0 Å². The van der Waals surface area contributed by atoms with Crippen LogP contribution in [0.3, 0.4) is 0 Å². The van der Waals surface area contributed by atoms with Crippen molar-refractivity contribution in [2.75, 3.05) is 19.6 Å². The SMILES string of the molecule is CC(=O)CN=C1CCC/C1=C(/N)C(=O)N1CC[C@H](C)[C@H](C)C1. The molecule has 2 aliphatic rings. The summed E-state index contributed by atoms with van der Waals surface area (Å²) < 4.78 is 0. The number of carbonyl (C=O) groups excluding carboxylic acids is 2. The van der Waals surface area contributed by atoms with Crippen molar-refractivity contribution in [3.05, 3.63) is 11.3 Å². The average Bonchev–Trinajstić information content (AvgIpc) is 2.94. The summed E-state index contributed by atoms with van der Waals surface area (Å²) in [5.41, 5.74) is 8.19. The fourth-order valence-electron chi connectivity index (χ4n) is 3.15. The number of carbonyl (C=O) groups is 2. The van der Waals surface area contributed by atoms with E-state index in [1.807, 2.05) is 4.90 Å². The molecule has 0 aromatic rings. The van der Waals surface area contributed by atoms with Gasteiger partial charge < -0.3 is 10.6 Å². The van der Waals surface area contributed by atoms with Gasteiger partial charge in [0.15, 0.2) is 5.78 Å². The number of piperidine rings is 1. The normalized spacial score (nSPS) is 29.8. The summed E-state index contributed by atoms with van der Waals surface area (Å²) in [5, 5.41) is 0. The van der Waals surface area contributed by atoms with E-state index in [9.17, 15) is 9.59 Å². The Hall–Kier alpha value is -1.65. The highest BCUT2D eigenvalue weighted by atomic mass is 16.2. The maximum absolute atomic E-state index is 12.6. The Balaban J connectivity index is 2.14. The van der Waals surface area contributed by atoms with Crippen molar-refractivity contribution in [3.63, 3.8) is 0 Å². The monoisotopic (exact) mass is 305 g/mol. The molecule has 1 amide bonds. The molecule has 0 bridgehead atoms. The molecular formula is C17H27N3O2. The molecule has 0 aromatic carbocycles. The van der Waals surface area contributed by atoms with Crippen LogP contribution in [0.4, 0.5) is 0 Å². The minimum Gasteiger partial charge on any atom is -0.394 e. The van der Waals surface area contributed by atoms with Crippen molar-refractivity contribution in [1.82, 2.24) is 4.90 Å². The minimum atomic E-state index is -0.0637. The summed E-state index contributed by atoms with van der Waals surface area (Å²) in [7, 11) is 0. The highest BCUT2D eigenvalue weighted by Crippen LogP contribution is 2.27. The van der Waals surface area contributed by atoms with Crippen LogP contribution >= 0.6 is 0 Å². The van der Waals surface area contributed by atoms with Crippen LogP contribution in [0.2, 0.25) is 0 Å². The quantitative estimate of drug-likeness (QED) is 0.809. The summed E-state index contributed by atoms with van der Waals surface area (Å²) in [6, 6.07) is 0. The van der Waals surface area contributed by atoms with Crippen molar-refractivity contribution in [1.29, 1.82) is 0 Å². The fourth-order valence-corrected chi connectivity index (χ4v) is 3.15. The zero-order chi connectivity index (χ0) is 16.3. The summed E-state index contributed by atoms with van der Waals surface area (Å²) in [4.78, 5) is 29.9. The van der Waals surface area contributed by atoms with Crippen LogP contribution < -0.4 is 5.73 Å². The molecule has 2 fully saturated rings. The van der Waals surface area contributed by atoms with E-state index in [1.54, 1.807) is 0 Å². The van der Waals surface area contributed by atoms with Crippen LogP contribution in [-0.2, 0) is 9.59 Å². The van der Waals surface area contributed by atoms with E-state index in [4.69, 9.17) is 5.73 Å². The van der Waals surface area contributed by atoms with Gasteiger partial charge in [0.1, 0.15) is 5.70 Å². The lowest BCUT2D eigenvalue weighted by molar-refractivity contribution is -0.129. The highest BCUT2D eigenvalue weighted by molar-refractivity contribution is 6.09. The van der Waals surface area contributed by atoms with E-state index in [-0.39, 0.29) is 18.2 Å². The smallest absolute Gasteiger partial charge is 0.270 e. The van der Waals surface area contributed by atoms with Crippen LogP contribution in [-0.4, -0.2) is 41.9 Å². The van der Waals surface area contributed by atoms with Gasteiger partial charge in [-0.15, -0.1) is 0 Å². The lowest BCUT2D eigenvalue weighted by Gasteiger charge is -2.35. The Kier molecular flexibility index (Phi) is 5.37. The molecule has 0 unspecified atom stereocenters. The summed E-state index contributed by atoms with van der Waals surface area (Å²) >= 11 is 0. The topological polar surface area (TPSA) is 75.8 Å².